The molecule has 2 atom stereocenters. The molecule has 1 amide bonds. The number of ether oxygens (including phenoxy) is 1. The summed E-state index contributed by atoms with van der Waals surface area (Å²) in [7, 11) is 4.58. The van der Waals surface area contributed by atoms with Crippen molar-refractivity contribution >= 4 is 11.7 Å². The topological polar surface area (TPSA) is 121 Å². The summed E-state index contributed by atoms with van der Waals surface area (Å²) in [6.45, 7) is 3.03. The zero-order valence-electron chi connectivity index (χ0n) is 25.4. The van der Waals surface area contributed by atoms with Gasteiger partial charge in [0, 0.05) is 76.6 Å². The summed E-state index contributed by atoms with van der Waals surface area (Å²) < 4.78 is 35.9. The first kappa shape index (κ1) is 31.8. The van der Waals surface area contributed by atoms with Crippen molar-refractivity contribution in [3.8, 4) is 16.9 Å². The molecule has 1 aliphatic rings. The number of aromatic nitrogens is 4. The molecule has 0 radical (unpaired) electrons. The Balaban J connectivity index is 1.48. The SMILES string of the molecule is CNC(=O)c1cc(-c2nn(-c3ccccc3)c(CC(=O)C[C@@H]3CN(CCOC)O[C@H]3c3cnc(F)c(F)c3)c2C)cn(C)c1=O. The van der Waals surface area contributed by atoms with E-state index in [2.05, 4.69) is 10.3 Å². The van der Waals surface area contributed by atoms with E-state index in [0.717, 1.165) is 11.8 Å². The van der Waals surface area contributed by atoms with Crippen molar-refractivity contribution in [2.75, 3.05) is 33.9 Å². The van der Waals surface area contributed by atoms with E-state index in [0.29, 0.717) is 47.8 Å². The molecule has 0 unspecified atom stereocenters. The maximum atomic E-state index is 14.1. The second-order valence-electron chi connectivity index (χ2n) is 10.9. The van der Waals surface area contributed by atoms with Crippen LogP contribution in [-0.4, -0.2) is 69.9 Å². The molecule has 5 rings (SSSR count). The maximum Gasteiger partial charge on any atom is 0.263 e. The fraction of sp³-hybridized carbons (Fsp3) is 0.344. The standard InChI is InChI=1S/C32H34F2N6O5/c1-19-27(15-24(41)12-22-18-39(10-11-44-4)45-29(22)20-14-26(33)30(34)36-16-20)40(23-8-6-5-7-9-23)37-28(19)21-13-25(31(42)35-2)32(43)38(3)17-21/h5-9,13-14,16-17,22,29H,10-12,15,18H2,1-4H3,(H,35,42)/t22-,29+/m1/s1. The van der Waals surface area contributed by atoms with Gasteiger partial charge in [0.05, 0.1) is 23.7 Å². The van der Waals surface area contributed by atoms with Crippen molar-refractivity contribution in [3.05, 3.63) is 99.4 Å². The fourth-order valence-electron chi connectivity index (χ4n) is 5.57. The van der Waals surface area contributed by atoms with Crippen molar-refractivity contribution in [2.24, 2.45) is 13.0 Å². The zero-order valence-corrected chi connectivity index (χ0v) is 25.4. The number of nitrogens with one attached hydrogen (secondary N) is 1. The van der Waals surface area contributed by atoms with Gasteiger partial charge in [-0.15, -0.1) is 0 Å². The molecule has 1 saturated heterocycles. The van der Waals surface area contributed by atoms with Gasteiger partial charge in [0.25, 0.3) is 11.5 Å². The highest BCUT2D eigenvalue weighted by atomic mass is 19.2. The Kier molecular flexibility index (Phi) is 9.61. The molecule has 0 bridgehead atoms. The number of aryl methyl sites for hydroxylation is 1. The summed E-state index contributed by atoms with van der Waals surface area (Å²) in [6, 6.07) is 11.9. The summed E-state index contributed by atoms with van der Waals surface area (Å²) in [4.78, 5) is 48.4. The number of hydroxylamine groups is 2. The molecule has 4 heterocycles. The first-order chi connectivity index (χ1) is 21.6. The van der Waals surface area contributed by atoms with Crippen molar-refractivity contribution in [3.63, 3.8) is 0 Å². The van der Waals surface area contributed by atoms with E-state index in [9.17, 15) is 23.2 Å². The summed E-state index contributed by atoms with van der Waals surface area (Å²) in [6.07, 6.45) is 2.22. The number of hydrogen-bond acceptors (Lipinski definition) is 8. The van der Waals surface area contributed by atoms with Gasteiger partial charge in [-0.2, -0.15) is 14.6 Å². The molecule has 1 N–H and O–H groups in total. The summed E-state index contributed by atoms with van der Waals surface area (Å²) in [5, 5.41) is 9.00. The third-order valence-corrected chi connectivity index (χ3v) is 7.85. The predicted molar refractivity (Wildman–Crippen MR) is 161 cm³/mol. The lowest BCUT2D eigenvalue weighted by Gasteiger charge is -2.17. The lowest BCUT2D eigenvalue weighted by molar-refractivity contribution is -0.155. The number of ketones is 1. The molecule has 3 aromatic heterocycles. The second-order valence-corrected chi connectivity index (χ2v) is 10.9. The van der Waals surface area contributed by atoms with Crippen LogP contribution in [0.2, 0.25) is 0 Å². The molecule has 1 fully saturated rings. The Morgan fingerprint density at radius 3 is 2.62 bits per heavy atom. The highest BCUT2D eigenvalue weighted by molar-refractivity contribution is 5.94. The number of amides is 1. The Morgan fingerprint density at radius 1 is 1.18 bits per heavy atom. The minimum atomic E-state index is -1.21. The number of carbonyl (C=O) groups excluding carboxylic acids is 2. The van der Waals surface area contributed by atoms with Gasteiger partial charge >= 0.3 is 0 Å². The third-order valence-electron chi connectivity index (χ3n) is 7.85. The van der Waals surface area contributed by atoms with Crippen LogP contribution in [-0.2, 0) is 27.8 Å². The van der Waals surface area contributed by atoms with Crippen molar-refractivity contribution in [1.82, 2.24) is 29.7 Å². The van der Waals surface area contributed by atoms with Crippen LogP contribution in [0.3, 0.4) is 0 Å². The quantitative estimate of drug-likeness (QED) is 0.254. The molecule has 1 aliphatic heterocycles. The van der Waals surface area contributed by atoms with Crippen LogP contribution in [0.25, 0.3) is 16.9 Å². The summed E-state index contributed by atoms with van der Waals surface area (Å²) >= 11 is 0. The number of pyridine rings is 2. The highest BCUT2D eigenvalue weighted by Gasteiger charge is 2.37. The van der Waals surface area contributed by atoms with Crippen LogP contribution in [0.5, 0.6) is 0 Å². The Hall–Kier alpha value is -4.59. The highest BCUT2D eigenvalue weighted by Crippen LogP contribution is 2.37. The van der Waals surface area contributed by atoms with Gasteiger partial charge in [0.1, 0.15) is 17.5 Å². The van der Waals surface area contributed by atoms with Crippen LogP contribution < -0.4 is 10.9 Å². The van der Waals surface area contributed by atoms with Crippen molar-refractivity contribution < 1.29 is 27.9 Å². The van der Waals surface area contributed by atoms with Gasteiger partial charge in [-0.05, 0) is 36.8 Å². The van der Waals surface area contributed by atoms with E-state index in [1.54, 1.807) is 30.1 Å². The van der Waals surface area contributed by atoms with Crippen LogP contribution >= 0.6 is 0 Å². The number of methoxy groups -OCH3 is 1. The van der Waals surface area contributed by atoms with E-state index in [4.69, 9.17) is 14.7 Å². The third kappa shape index (κ3) is 6.75. The lowest BCUT2D eigenvalue weighted by Crippen LogP contribution is -2.30. The molecular formula is C32H34F2N6O5. The summed E-state index contributed by atoms with van der Waals surface area (Å²) in [5.74, 6) is -3.30. The predicted octanol–water partition coefficient (Wildman–Crippen LogP) is 3.33. The van der Waals surface area contributed by atoms with Gasteiger partial charge in [0.2, 0.25) is 5.95 Å². The number of carbonyl (C=O) groups is 2. The van der Waals surface area contributed by atoms with Crippen LogP contribution in [0.4, 0.5) is 8.78 Å². The van der Waals surface area contributed by atoms with Gasteiger partial charge in [0.15, 0.2) is 5.82 Å². The summed E-state index contributed by atoms with van der Waals surface area (Å²) in [5.41, 5.74) is 2.99. The normalized spacial score (nSPS) is 16.7. The van der Waals surface area contributed by atoms with E-state index in [-0.39, 0.29) is 30.1 Å². The minimum Gasteiger partial charge on any atom is -0.383 e. The number of halogens is 2. The molecule has 4 aromatic rings. The maximum absolute atomic E-state index is 14.1. The monoisotopic (exact) mass is 620 g/mol. The van der Waals surface area contributed by atoms with Crippen molar-refractivity contribution in [2.45, 2.75) is 25.9 Å². The zero-order chi connectivity index (χ0) is 32.2. The van der Waals surface area contributed by atoms with Gasteiger partial charge in [-0.3, -0.25) is 19.2 Å². The molecule has 0 aliphatic carbocycles. The number of Topliss-reactive ketones (excluding diaryl/α,β-unsaturated/α-hetero) is 1. The first-order valence-corrected chi connectivity index (χ1v) is 14.4. The Bertz CT molecular complexity index is 1770. The number of rotatable bonds is 11. The number of hydrogen-bond donors (Lipinski definition) is 1. The molecule has 0 saturated carbocycles. The molecule has 236 valence electrons. The number of nitrogens with zero attached hydrogens (tertiary/aromatic N) is 5. The van der Waals surface area contributed by atoms with Gasteiger partial charge in [-0.25, -0.2) is 14.1 Å². The molecule has 13 heteroatoms. The first-order valence-electron chi connectivity index (χ1n) is 14.4. The molecule has 1 aromatic carbocycles. The largest absolute Gasteiger partial charge is 0.383 e. The van der Waals surface area contributed by atoms with Gasteiger partial charge in [-0.1, -0.05) is 18.2 Å². The fourth-order valence-corrected chi connectivity index (χ4v) is 5.57. The smallest absolute Gasteiger partial charge is 0.263 e. The molecule has 0 spiro atoms. The van der Waals surface area contributed by atoms with Crippen molar-refractivity contribution in [1.29, 1.82) is 0 Å². The second kappa shape index (κ2) is 13.6. The van der Waals surface area contributed by atoms with E-state index >= 15 is 0 Å². The van der Waals surface area contributed by atoms with E-state index in [1.165, 1.54) is 23.9 Å². The van der Waals surface area contributed by atoms with Crippen LogP contribution in [0.1, 0.15) is 39.7 Å². The average molecular weight is 621 g/mol. The molecular weight excluding hydrogens is 586 g/mol. The average Bonchev–Trinajstić information content (AvgIpc) is 3.58. The van der Waals surface area contributed by atoms with Crippen LogP contribution in [0, 0.1) is 24.6 Å². The Labute approximate surface area is 258 Å². The Morgan fingerprint density at radius 2 is 1.93 bits per heavy atom. The van der Waals surface area contributed by atoms with E-state index in [1.807, 2.05) is 37.3 Å². The van der Waals surface area contributed by atoms with Gasteiger partial charge < -0.3 is 14.6 Å². The lowest BCUT2D eigenvalue weighted by atomic mass is 9.91. The number of para-hydroxylation sites is 1. The van der Waals surface area contributed by atoms with E-state index < -0.39 is 29.3 Å². The molecule has 11 nitrogen and oxygen atoms in total. The minimum absolute atomic E-state index is 0.0130. The molecule has 45 heavy (non-hydrogen) atoms. The van der Waals surface area contributed by atoms with Crippen LogP contribution in [0.15, 0.2) is 59.7 Å². The number of benzene rings is 1.